The van der Waals surface area contributed by atoms with Gasteiger partial charge in [0.15, 0.2) is 0 Å². The summed E-state index contributed by atoms with van der Waals surface area (Å²) in [6.07, 6.45) is 8.15. The zero-order valence-corrected chi connectivity index (χ0v) is 12.2. The highest BCUT2D eigenvalue weighted by atomic mass is 16.1. The minimum atomic E-state index is 0.135. The van der Waals surface area contributed by atoms with E-state index in [9.17, 15) is 4.79 Å². The Morgan fingerprint density at radius 3 is 2.70 bits per heavy atom. The molecule has 1 aliphatic rings. The van der Waals surface area contributed by atoms with E-state index in [1.807, 2.05) is 18.2 Å². The van der Waals surface area contributed by atoms with Gasteiger partial charge < -0.3 is 11.1 Å². The monoisotopic (exact) mass is 274 g/mol. The van der Waals surface area contributed by atoms with Crippen molar-refractivity contribution in [2.45, 2.75) is 63.5 Å². The fourth-order valence-electron chi connectivity index (χ4n) is 2.89. The summed E-state index contributed by atoms with van der Waals surface area (Å²) in [5.41, 5.74) is 7.43. The van der Waals surface area contributed by atoms with E-state index >= 15 is 0 Å². The van der Waals surface area contributed by atoms with E-state index < -0.39 is 0 Å². The van der Waals surface area contributed by atoms with Crippen LogP contribution in [0.1, 0.15) is 50.5 Å². The summed E-state index contributed by atoms with van der Waals surface area (Å²) in [6, 6.07) is 10.6. The van der Waals surface area contributed by atoms with Crippen molar-refractivity contribution in [3.05, 3.63) is 35.9 Å². The van der Waals surface area contributed by atoms with Crippen LogP contribution in [0, 0.1) is 0 Å². The summed E-state index contributed by atoms with van der Waals surface area (Å²) >= 11 is 0. The van der Waals surface area contributed by atoms with Crippen molar-refractivity contribution in [2.24, 2.45) is 5.73 Å². The van der Waals surface area contributed by atoms with Gasteiger partial charge in [-0.25, -0.2) is 0 Å². The molecule has 2 atom stereocenters. The van der Waals surface area contributed by atoms with E-state index in [1.165, 1.54) is 24.8 Å². The molecule has 0 bridgehead atoms. The van der Waals surface area contributed by atoms with Crippen LogP contribution in [-0.2, 0) is 11.2 Å². The largest absolute Gasteiger partial charge is 0.352 e. The maximum Gasteiger partial charge on any atom is 0.220 e. The van der Waals surface area contributed by atoms with Gasteiger partial charge in [0.05, 0.1) is 0 Å². The van der Waals surface area contributed by atoms with Crippen molar-refractivity contribution in [2.75, 3.05) is 0 Å². The lowest BCUT2D eigenvalue weighted by atomic mass is 10.0. The summed E-state index contributed by atoms with van der Waals surface area (Å²) in [6.45, 7) is 0. The molecule has 3 nitrogen and oxygen atoms in total. The molecule has 1 amide bonds. The van der Waals surface area contributed by atoms with E-state index in [0.29, 0.717) is 6.42 Å². The molecule has 1 aromatic carbocycles. The first-order chi connectivity index (χ1) is 9.75. The average molecular weight is 274 g/mol. The highest BCUT2D eigenvalue weighted by Crippen LogP contribution is 2.17. The molecule has 1 saturated carbocycles. The van der Waals surface area contributed by atoms with Crippen LogP contribution in [0.2, 0.25) is 0 Å². The smallest absolute Gasteiger partial charge is 0.220 e. The Bertz CT molecular complexity index is 405. The topological polar surface area (TPSA) is 55.1 Å². The third-order valence-corrected chi connectivity index (χ3v) is 4.13. The third-order valence-electron chi connectivity index (χ3n) is 4.13. The van der Waals surface area contributed by atoms with E-state index in [4.69, 9.17) is 5.73 Å². The number of hydrogen-bond acceptors (Lipinski definition) is 2. The molecule has 3 heteroatoms. The number of nitrogens with one attached hydrogen (secondary N) is 1. The van der Waals surface area contributed by atoms with Gasteiger partial charge in [-0.05, 0) is 31.2 Å². The van der Waals surface area contributed by atoms with Gasteiger partial charge in [-0.15, -0.1) is 0 Å². The number of rotatable bonds is 5. The first-order valence-electron chi connectivity index (χ1n) is 7.84. The van der Waals surface area contributed by atoms with Crippen molar-refractivity contribution in [1.82, 2.24) is 5.32 Å². The van der Waals surface area contributed by atoms with Gasteiger partial charge in [-0.3, -0.25) is 4.79 Å². The molecule has 0 aromatic heterocycles. The summed E-state index contributed by atoms with van der Waals surface area (Å²) in [7, 11) is 0. The summed E-state index contributed by atoms with van der Waals surface area (Å²) in [5, 5.41) is 3.13. The van der Waals surface area contributed by atoms with E-state index in [0.717, 1.165) is 25.7 Å². The zero-order chi connectivity index (χ0) is 14.2. The van der Waals surface area contributed by atoms with Crippen LogP contribution >= 0.6 is 0 Å². The van der Waals surface area contributed by atoms with Gasteiger partial charge in [0.2, 0.25) is 5.91 Å². The van der Waals surface area contributed by atoms with E-state index in [-0.39, 0.29) is 18.0 Å². The highest BCUT2D eigenvalue weighted by Gasteiger charge is 2.21. The van der Waals surface area contributed by atoms with Crippen LogP contribution in [0.5, 0.6) is 0 Å². The maximum absolute atomic E-state index is 12.0. The number of nitrogens with two attached hydrogens (primary N) is 1. The number of carbonyl (C=O) groups excluding carboxylic acids is 1. The molecule has 0 aliphatic heterocycles. The first-order valence-corrected chi connectivity index (χ1v) is 7.84. The van der Waals surface area contributed by atoms with Crippen molar-refractivity contribution in [3.8, 4) is 0 Å². The number of amides is 1. The normalized spacial score (nSPS) is 23.1. The van der Waals surface area contributed by atoms with Crippen LogP contribution in [0.25, 0.3) is 0 Å². The van der Waals surface area contributed by atoms with Crippen molar-refractivity contribution in [3.63, 3.8) is 0 Å². The molecule has 2 unspecified atom stereocenters. The van der Waals surface area contributed by atoms with Crippen LogP contribution in [-0.4, -0.2) is 18.0 Å². The minimum Gasteiger partial charge on any atom is -0.352 e. The lowest BCUT2D eigenvalue weighted by Gasteiger charge is -2.22. The fraction of sp³-hybridized carbons (Fsp3) is 0.588. The second-order valence-corrected chi connectivity index (χ2v) is 5.82. The van der Waals surface area contributed by atoms with Crippen LogP contribution in [0.3, 0.4) is 0 Å². The summed E-state index contributed by atoms with van der Waals surface area (Å²) in [5.74, 6) is 0.156. The van der Waals surface area contributed by atoms with E-state index in [2.05, 4.69) is 17.4 Å². The molecule has 1 aliphatic carbocycles. The molecule has 1 aromatic rings. The Kier molecular flexibility index (Phi) is 6.06. The quantitative estimate of drug-likeness (QED) is 0.811. The molecule has 0 saturated heterocycles. The average Bonchev–Trinajstić information content (AvgIpc) is 2.65. The van der Waals surface area contributed by atoms with Crippen molar-refractivity contribution >= 4 is 5.91 Å². The molecule has 2 rings (SSSR count). The van der Waals surface area contributed by atoms with Crippen LogP contribution in [0.4, 0.5) is 0 Å². The molecule has 0 radical (unpaired) electrons. The predicted molar refractivity (Wildman–Crippen MR) is 82.4 cm³/mol. The Morgan fingerprint density at radius 1 is 1.15 bits per heavy atom. The maximum atomic E-state index is 12.0. The second-order valence-electron chi connectivity index (χ2n) is 5.82. The van der Waals surface area contributed by atoms with Gasteiger partial charge in [0.1, 0.15) is 0 Å². The second kappa shape index (κ2) is 8.05. The highest BCUT2D eigenvalue weighted by molar-refractivity contribution is 5.76. The molecular weight excluding hydrogens is 248 g/mol. The van der Waals surface area contributed by atoms with Crippen molar-refractivity contribution < 1.29 is 4.79 Å². The van der Waals surface area contributed by atoms with Gasteiger partial charge in [-0.2, -0.15) is 0 Å². The van der Waals surface area contributed by atoms with Gasteiger partial charge >= 0.3 is 0 Å². The summed E-state index contributed by atoms with van der Waals surface area (Å²) in [4.78, 5) is 12.0. The SMILES string of the molecule is NC1CCCCCC1NC(=O)CCCc1ccccc1. The van der Waals surface area contributed by atoms with Crippen LogP contribution < -0.4 is 11.1 Å². The number of hydrogen-bond donors (Lipinski definition) is 2. The zero-order valence-electron chi connectivity index (χ0n) is 12.2. The number of carbonyl (C=O) groups is 1. The standard InChI is InChI=1S/C17H26N2O/c18-15-11-5-2-6-12-16(15)19-17(20)13-7-10-14-8-3-1-4-9-14/h1,3-4,8-9,15-16H,2,5-7,10-13,18H2,(H,19,20). The van der Waals surface area contributed by atoms with Gasteiger partial charge in [-0.1, -0.05) is 49.6 Å². The molecule has 20 heavy (non-hydrogen) atoms. The first kappa shape index (κ1) is 15.0. The molecule has 0 spiro atoms. The number of aryl methyl sites for hydroxylation is 1. The Hall–Kier alpha value is -1.35. The molecule has 3 N–H and O–H groups in total. The van der Waals surface area contributed by atoms with Gasteiger partial charge in [0, 0.05) is 18.5 Å². The Morgan fingerprint density at radius 2 is 1.90 bits per heavy atom. The molecular formula is C17H26N2O. The number of benzene rings is 1. The summed E-state index contributed by atoms with van der Waals surface area (Å²) < 4.78 is 0. The Balaban J connectivity index is 1.69. The molecule has 110 valence electrons. The lowest BCUT2D eigenvalue weighted by molar-refractivity contribution is -0.122. The molecule has 0 heterocycles. The van der Waals surface area contributed by atoms with Crippen LogP contribution in [0.15, 0.2) is 30.3 Å². The predicted octanol–water partition coefficient (Wildman–Crippen LogP) is 2.79. The Labute approximate surface area is 121 Å². The third kappa shape index (κ3) is 4.97. The fourth-order valence-corrected chi connectivity index (χ4v) is 2.89. The van der Waals surface area contributed by atoms with E-state index in [1.54, 1.807) is 0 Å². The van der Waals surface area contributed by atoms with Gasteiger partial charge in [0.25, 0.3) is 0 Å². The lowest BCUT2D eigenvalue weighted by Crippen LogP contribution is -2.46. The minimum absolute atomic E-state index is 0.135. The molecule has 1 fully saturated rings. The van der Waals surface area contributed by atoms with Crippen molar-refractivity contribution in [1.29, 1.82) is 0 Å².